The number of aryl methyl sites for hydroxylation is 1. The van der Waals surface area contributed by atoms with Gasteiger partial charge in [-0.15, -0.1) is 0 Å². The zero-order valence-corrected chi connectivity index (χ0v) is 8.82. The van der Waals surface area contributed by atoms with Gasteiger partial charge >= 0.3 is 0 Å². The summed E-state index contributed by atoms with van der Waals surface area (Å²) in [6.07, 6.45) is 1.03. The van der Waals surface area contributed by atoms with Crippen molar-refractivity contribution >= 4 is 5.91 Å². The fourth-order valence-corrected chi connectivity index (χ4v) is 1.15. The smallest absolute Gasteiger partial charge is 0.245 e. The number of hydrogen-bond acceptors (Lipinski definition) is 3. The fourth-order valence-electron chi connectivity index (χ4n) is 1.15. The van der Waals surface area contributed by atoms with Crippen molar-refractivity contribution in [1.29, 1.82) is 0 Å². The van der Waals surface area contributed by atoms with Crippen LogP contribution in [0.4, 0.5) is 0 Å². The van der Waals surface area contributed by atoms with Gasteiger partial charge in [0, 0.05) is 6.54 Å². The third-order valence-corrected chi connectivity index (χ3v) is 2.02. The summed E-state index contributed by atoms with van der Waals surface area (Å²) in [5, 5.41) is 0. The van der Waals surface area contributed by atoms with Crippen LogP contribution >= 0.6 is 0 Å². The predicted molar refractivity (Wildman–Crippen MR) is 57.8 cm³/mol. The van der Waals surface area contributed by atoms with Gasteiger partial charge in [-0.3, -0.25) is 9.63 Å². The van der Waals surface area contributed by atoms with Gasteiger partial charge in [0.2, 0.25) is 5.91 Å². The van der Waals surface area contributed by atoms with Crippen molar-refractivity contribution in [2.24, 2.45) is 5.73 Å². The van der Waals surface area contributed by atoms with Gasteiger partial charge in [-0.05, 0) is 17.5 Å². The molecular weight excluding hydrogens is 192 g/mol. The molecular formula is C11H16N2O2. The maximum absolute atomic E-state index is 10.4. The van der Waals surface area contributed by atoms with E-state index in [1.54, 1.807) is 0 Å². The number of carbonyl (C=O) groups excluding carboxylic acids is 1. The summed E-state index contributed by atoms with van der Waals surface area (Å²) >= 11 is 0. The minimum atomic E-state index is -0.483. The summed E-state index contributed by atoms with van der Waals surface area (Å²) in [6.45, 7) is 2.58. The minimum Gasteiger partial charge on any atom is -0.368 e. The Morgan fingerprint density at radius 1 is 1.33 bits per heavy atom. The molecule has 0 aromatic heterocycles. The number of hydrogen-bond donors (Lipinski definition) is 2. The molecule has 0 aliphatic carbocycles. The van der Waals surface area contributed by atoms with Gasteiger partial charge in [0.1, 0.15) is 6.61 Å². The Hall–Kier alpha value is -1.39. The number of nitrogens with one attached hydrogen (secondary N) is 1. The van der Waals surface area contributed by atoms with Crippen molar-refractivity contribution in [1.82, 2.24) is 5.48 Å². The van der Waals surface area contributed by atoms with Crippen LogP contribution in [0.5, 0.6) is 0 Å². The first kappa shape index (κ1) is 11.7. The Balaban J connectivity index is 2.28. The quantitative estimate of drug-likeness (QED) is 0.535. The van der Waals surface area contributed by atoms with Crippen LogP contribution in [0.15, 0.2) is 24.3 Å². The van der Waals surface area contributed by atoms with E-state index in [1.807, 2.05) is 12.1 Å². The van der Waals surface area contributed by atoms with E-state index in [0.717, 1.165) is 12.0 Å². The van der Waals surface area contributed by atoms with Crippen molar-refractivity contribution < 1.29 is 9.63 Å². The van der Waals surface area contributed by atoms with Crippen molar-refractivity contribution in [3.63, 3.8) is 0 Å². The number of carbonyl (C=O) groups is 1. The molecule has 0 atom stereocenters. The highest BCUT2D eigenvalue weighted by Gasteiger charge is 1.95. The third kappa shape index (κ3) is 4.58. The van der Waals surface area contributed by atoms with Crippen LogP contribution in [0.1, 0.15) is 18.1 Å². The van der Waals surface area contributed by atoms with E-state index < -0.39 is 5.91 Å². The number of amides is 1. The summed E-state index contributed by atoms with van der Waals surface area (Å²) in [4.78, 5) is 15.2. The molecule has 0 unspecified atom stereocenters. The van der Waals surface area contributed by atoms with Gasteiger partial charge in [0.05, 0.1) is 0 Å². The lowest BCUT2D eigenvalue weighted by atomic mass is 10.1. The first-order valence-corrected chi connectivity index (χ1v) is 4.93. The zero-order chi connectivity index (χ0) is 11.1. The summed E-state index contributed by atoms with van der Waals surface area (Å²) < 4.78 is 0. The Kier molecular flexibility index (Phi) is 4.80. The van der Waals surface area contributed by atoms with E-state index in [-0.39, 0.29) is 6.61 Å². The molecule has 0 aliphatic rings. The van der Waals surface area contributed by atoms with Crippen LogP contribution in [-0.4, -0.2) is 12.5 Å². The third-order valence-electron chi connectivity index (χ3n) is 2.02. The van der Waals surface area contributed by atoms with Crippen LogP contribution in [0.25, 0.3) is 0 Å². The lowest BCUT2D eigenvalue weighted by Crippen LogP contribution is -2.24. The molecule has 82 valence electrons. The Bertz CT molecular complexity index is 309. The lowest BCUT2D eigenvalue weighted by molar-refractivity contribution is -0.125. The summed E-state index contributed by atoms with van der Waals surface area (Å²) in [5.41, 5.74) is 9.99. The van der Waals surface area contributed by atoms with Crippen molar-refractivity contribution in [2.75, 3.05) is 6.61 Å². The molecule has 0 radical (unpaired) electrons. The van der Waals surface area contributed by atoms with Crippen LogP contribution in [-0.2, 0) is 22.6 Å². The average molecular weight is 208 g/mol. The molecule has 3 N–H and O–H groups in total. The molecule has 0 spiro atoms. The SMILES string of the molecule is CCc1ccc(CNOCC(N)=O)cc1. The molecule has 4 heteroatoms. The first-order valence-electron chi connectivity index (χ1n) is 4.93. The normalized spacial score (nSPS) is 10.2. The Labute approximate surface area is 89.4 Å². The molecule has 0 saturated heterocycles. The maximum Gasteiger partial charge on any atom is 0.245 e. The summed E-state index contributed by atoms with van der Waals surface area (Å²) in [6, 6.07) is 8.20. The molecule has 1 aromatic rings. The summed E-state index contributed by atoms with van der Waals surface area (Å²) in [5.74, 6) is -0.483. The second-order valence-electron chi connectivity index (χ2n) is 3.25. The predicted octanol–water partition coefficient (Wildman–Crippen LogP) is 0.755. The number of benzene rings is 1. The highest BCUT2D eigenvalue weighted by atomic mass is 16.6. The molecule has 1 aromatic carbocycles. The maximum atomic E-state index is 10.4. The molecule has 0 saturated carbocycles. The topological polar surface area (TPSA) is 64.3 Å². The molecule has 15 heavy (non-hydrogen) atoms. The zero-order valence-electron chi connectivity index (χ0n) is 8.82. The highest BCUT2D eigenvalue weighted by molar-refractivity contribution is 5.74. The monoisotopic (exact) mass is 208 g/mol. The van der Waals surface area contributed by atoms with Crippen LogP contribution in [0.3, 0.4) is 0 Å². The fraction of sp³-hybridized carbons (Fsp3) is 0.364. The Morgan fingerprint density at radius 3 is 2.47 bits per heavy atom. The van der Waals surface area contributed by atoms with Gasteiger partial charge in [-0.1, -0.05) is 31.2 Å². The van der Waals surface area contributed by atoms with Gasteiger partial charge < -0.3 is 5.73 Å². The molecule has 0 bridgehead atoms. The van der Waals surface area contributed by atoms with Crippen molar-refractivity contribution in [2.45, 2.75) is 19.9 Å². The van der Waals surface area contributed by atoms with Crippen LogP contribution < -0.4 is 11.2 Å². The largest absolute Gasteiger partial charge is 0.368 e. The van der Waals surface area contributed by atoms with Gasteiger partial charge in [0.15, 0.2) is 0 Å². The standard InChI is InChI=1S/C11H16N2O2/c1-2-9-3-5-10(6-4-9)7-13-15-8-11(12)14/h3-6,13H,2,7-8H2,1H3,(H2,12,14). The van der Waals surface area contributed by atoms with E-state index in [0.29, 0.717) is 6.54 Å². The molecule has 4 nitrogen and oxygen atoms in total. The first-order chi connectivity index (χ1) is 7.22. The van der Waals surface area contributed by atoms with Gasteiger partial charge in [-0.2, -0.15) is 5.48 Å². The average Bonchev–Trinajstić information content (AvgIpc) is 2.25. The number of nitrogens with two attached hydrogens (primary N) is 1. The van der Waals surface area contributed by atoms with Crippen molar-refractivity contribution in [3.8, 4) is 0 Å². The van der Waals surface area contributed by atoms with Crippen LogP contribution in [0.2, 0.25) is 0 Å². The number of rotatable bonds is 6. The molecule has 0 heterocycles. The highest BCUT2D eigenvalue weighted by Crippen LogP contribution is 2.04. The van der Waals surface area contributed by atoms with E-state index in [1.165, 1.54) is 5.56 Å². The van der Waals surface area contributed by atoms with E-state index in [9.17, 15) is 4.79 Å². The second-order valence-corrected chi connectivity index (χ2v) is 3.25. The van der Waals surface area contributed by atoms with E-state index >= 15 is 0 Å². The Morgan fingerprint density at radius 2 is 1.93 bits per heavy atom. The van der Waals surface area contributed by atoms with Gasteiger partial charge in [-0.25, -0.2) is 0 Å². The minimum absolute atomic E-state index is 0.104. The summed E-state index contributed by atoms with van der Waals surface area (Å²) in [7, 11) is 0. The lowest BCUT2D eigenvalue weighted by Gasteiger charge is -2.04. The molecule has 1 rings (SSSR count). The van der Waals surface area contributed by atoms with Crippen molar-refractivity contribution in [3.05, 3.63) is 35.4 Å². The van der Waals surface area contributed by atoms with Gasteiger partial charge in [0.25, 0.3) is 0 Å². The molecule has 0 fully saturated rings. The molecule has 0 aliphatic heterocycles. The number of primary amides is 1. The van der Waals surface area contributed by atoms with E-state index in [4.69, 9.17) is 10.6 Å². The molecule has 1 amide bonds. The van der Waals surface area contributed by atoms with E-state index in [2.05, 4.69) is 24.5 Å². The van der Waals surface area contributed by atoms with Crippen LogP contribution in [0, 0.1) is 0 Å². The number of hydroxylamine groups is 1. The second kappa shape index (κ2) is 6.16.